The summed E-state index contributed by atoms with van der Waals surface area (Å²) >= 11 is 0. The molecule has 0 aliphatic carbocycles. The van der Waals surface area contributed by atoms with E-state index in [2.05, 4.69) is 0 Å². The molecule has 1 unspecified atom stereocenters. The molecule has 0 fully saturated rings. The van der Waals surface area contributed by atoms with Crippen LogP contribution in [0.3, 0.4) is 0 Å². The van der Waals surface area contributed by atoms with E-state index in [1.54, 1.807) is 0 Å². The Morgan fingerprint density at radius 3 is 1.25 bits per heavy atom. The minimum absolute atomic E-state index is 0.172. The van der Waals surface area contributed by atoms with Gasteiger partial charge in [-0.2, -0.15) is 56.7 Å². The van der Waals surface area contributed by atoms with Crippen LogP contribution in [-0.2, 0) is 10.1 Å². The zero-order valence-electron chi connectivity index (χ0n) is 10.9. The van der Waals surface area contributed by atoms with Crippen LogP contribution in [0, 0.1) is 0 Å². The zero-order valence-corrected chi connectivity index (χ0v) is 11.7. The smallest absolute Gasteiger partial charge is 0.281 e. The molecular formula is C8H6F12O3S. The van der Waals surface area contributed by atoms with Crippen molar-refractivity contribution >= 4 is 10.1 Å². The van der Waals surface area contributed by atoms with E-state index in [0.29, 0.717) is 0 Å². The van der Waals surface area contributed by atoms with Crippen LogP contribution >= 0.6 is 0 Å². The molecule has 0 bridgehead atoms. The first-order chi connectivity index (χ1) is 10.1. The molecule has 0 aromatic carbocycles. The maximum absolute atomic E-state index is 13.8. The van der Waals surface area contributed by atoms with Gasteiger partial charge in [0.15, 0.2) is 0 Å². The van der Waals surface area contributed by atoms with Crippen molar-refractivity contribution in [2.24, 2.45) is 0 Å². The van der Waals surface area contributed by atoms with Gasteiger partial charge in [0.05, 0.1) is 0 Å². The average Bonchev–Trinajstić information content (AvgIpc) is 2.33. The van der Waals surface area contributed by atoms with Gasteiger partial charge in [0.25, 0.3) is 5.67 Å². The molecule has 0 rings (SSSR count). The normalized spacial score (nSPS) is 18.4. The minimum atomic E-state index is -7.84. The lowest BCUT2D eigenvalue weighted by atomic mass is 9.87. The Morgan fingerprint density at radius 2 is 1.04 bits per heavy atom. The minimum Gasteiger partial charge on any atom is -0.281 e. The summed E-state index contributed by atoms with van der Waals surface area (Å²) in [6.07, 6.45) is -10.1. The van der Waals surface area contributed by atoms with Gasteiger partial charge >= 0.3 is 39.3 Å². The highest BCUT2D eigenvalue weighted by Gasteiger charge is 2.90. The predicted molar refractivity (Wildman–Crippen MR) is 51.5 cm³/mol. The summed E-state index contributed by atoms with van der Waals surface area (Å²) in [5, 5.41) is -6.84. The SMILES string of the molecule is CCC(F)(C(F)(F)C(F)(F)C(F)(F)C(F)(F)F)C(F)(F)S(=O)(=O)O. The van der Waals surface area contributed by atoms with Gasteiger partial charge in [0.2, 0.25) is 0 Å². The summed E-state index contributed by atoms with van der Waals surface area (Å²) in [6, 6.07) is 0. The maximum atomic E-state index is 13.8. The first kappa shape index (κ1) is 23.1. The molecule has 0 heterocycles. The highest BCUT2D eigenvalue weighted by molar-refractivity contribution is 7.87. The molecule has 0 aromatic heterocycles. The van der Waals surface area contributed by atoms with Crippen LogP contribution in [0.1, 0.15) is 13.3 Å². The Hall–Kier alpha value is -0.930. The topological polar surface area (TPSA) is 54.4 Å². The van der Waals surface area contributed by atoms with Gasteiger partial charge in [-0.05, 0) is 6.42 Å². The average molecular weight is 410 g/mol. The Balaban J connectivity index is 6.68. The van der Waals surface area contributed by atoms with Gasteiger partial charge in [-0.15, -0.1) is 0 Å². The van der Waals surface area contributed by atoms with E-state index in [0.717, 1.165) is 0 Å². The standard InChI is InChI=1S/C8H6F12O3S/c1-2-3(9,8(19,20)24(21,22)23)4(10,11)5(12,13)6(14,15)7(16,17)18/h2H2,1H3,(H,21,22,23). The van der Waals surface area contributed by atoms with Gasteiger partial charge in [-0.25, -0.2) is 4.39 Å². The van der Waals surface area contributed by atoms with Crippen LogP contribution in [0.2, 0.25) is 0 Å². The predicted octanol–water partition coefficient (Wildman–Crippen LogP) is 4.05. The third-order valence-electron chi connectivity index (χ3n) is 2.91. The molecule has 3 nitrogen and oxygen atoms in total. The molecule has 1 N–H and O–H groups in total. The summed E-state index contributed by atoms with van der Waals surface area (Å²) in [5.41, 5.74) is -6.51. The van der Waals surface area contributed by atoms with Crippen molar-refractivity contribution in [1.82, 2.24) is 0 Å². The molecular weight excluding hydrogens is 404 g/mol. The number of hydrogen-bond donors (Lipinski definition) is 1. The molecule has 0 radical (unpaired) electrons. The van der Waals surface area contributed by atoms with E-state index in [1.165, 1.54) is 0 Å². The fourth-order valence-electron chi connectivity index (χ4n) is 1.44. The van der Waals surface area contributed by atoms with Crippen LogP contribution in [0.15, 0.2) is 0 Å². The van der Waals surface area contributed by atoms with Crippen LogP contribution in [0.4, 0.5) is 52.7 Å². The van der Waals surface area contributed by atoms with Gasteiger partial charge in [-0.1, -0.05) is 6.92 Å². The number of halogens is 12. The van der Waals surface area contributed by atoms with Crippen molar-refractivity contribution in [3.05, 3.63) is 0 Å². The molecule has 0 aromatic rings. The van der Waals surface area contributed by atoms with E-state index >= 15 is 0 Å². The molecule has 0 aliphatic rings. The fraction of sp³-hybridized carbons (Fsp3) is 1.00. The second-order valence-electron chi connectivity index (χ2n) is 4.37. The Labute approximate surface area is 125 Å². The first-order valence-electron chi connectivity index (χ1n) is 5.30. The van der Waals surface area contributed by atoms with E-state index in [-0.39, 0.29) is 6.92 Å². The molecule has 0 saturated heterocycles. The fourth-order valence-corrected chi connectivity index (χ4v) is 2.12. The second-order valence-corrected chi connectivity index (χ2v) is 5.83. The quantitative estimate of drug-likeness (QED) is 0.531. The Kier molecular flexibility index (Phi) is 5.32. The molecule has 24 heavy (non-hydrogen) atoms. The second kappa shape index (κ2) is 5.54. The van der Waals surface area contributed by atoms with Crippen molar-refractivity contribution in [3.8, 4) is 0 Å². The monoisotopic (exact) mass is 410 g/mol. The van der Waals surface area contributed by atoms with Crippen LogP contribution in [0.5, 0.6) is 0 Å². The van der Waals surface area contributed by atoms with Gasteiger partial charge in [0.1, 0.15) is 0 Å². The number of alkyl halides is 12. The summed E-state index contributed by atoms with van der Waals surface area (Å²) in [7, 11) is -7.24. The molecule has 16 heteroatoms. The van der Waals surface area contributed by atoms with Crippen molar-refractivity contribution in [3.63, 3.8) is 0 Å². The van der Waals surface area contributed by atoms with Gasteiger partial charge in [-0.3, -0.25) is 4.55 Å². The maximum Gasteiger partial charge on any atom is 0.460 e. The molecule has 146 valence electrons. The van der Waals surface area contributed by atoms with Crippen molar-refractivity contribution in [1.29, 1.82) is 0 Å². The van der Waals surface area contributed by atoms with Crippen molar-refractivity contribution in [2.75, 3.05) is 0 Å². The summed E-state index contributed by atoms with van der Waals surface area (Å²) in [4.78, 5) is 0. The Morgan fingerprint density at radius 1 is 0.708 bits per heavy atom. The van der Waals surface area contributed by atoms with E-state index < -0.39 is 51.4 Å². The molecule has 0 aliphatic heterocycles. The van der Waals surface area contributed by atoms with Crippen LogP contribution < -0.4 is 0 Å². The highest BCUT2D eigenvalue weighted by atomic mass is 32.2. The third-order valence-corrected chi connectivity index (χ3v) is 3.89. The molecule has 0 spiro atoms. The van der Waals surface area contributed by atoms with Gasteiger partial charge in [0, 0.05) is 0 Å². The number of rotatable bonds is 6. The summed E-state index contributed by atoms with van der Waals surface area (Å²) in [5.74, 6) is -23.1. The lowest BCUT2D eigenvalue weighted by molar-refractivity contribution is -0.419. The van der Waals surface area contributed by atoms with E-state index in [1.807, 2.05) is 0 Å². The molecule has 1 atom stereocenters. The lowest BCUT2D eigenvalue weighted by Crippen LogP contribution is -2.72. The molecule has 0 amide bonds. The van der Waals surface area contributed by atoms with Gasteiger partial charge < -0.3 is 0 Å². The van der Waals surface area contributed by atoms with Crippen molar-refractivity contribution in [2.45, 2.75) is 48.2 Å². The largest absolute Gasteiger partial charge is 0.460 e. The summed E-state index contributed by atoms with van der Waals surface area (Å²) in [6.45, 7) is -0.172. The zero-order chi connectivity index (χ0) is 20.2. The third kappa shape index (κ3) is 2.70. The highest BCUT2D eigenvalue weighted by Crippen LogP contribution is 2.61. The first-order valence-corrected chi connectivity index (χ1v) is 6.74. The van der Waals surface area contributed by atoms with E-state index in [9.17, 15) is 61.1 Å². The Bertz CT molecular complexity index is 580. The molecule has 0 saturated carbocycles. The van der Waals surface area contributed by atoms with Crippen LogP contribution in [-0.4, -0.2) is 47.8 Å². The number of hydrogen-bond acceptors (Lipinski definition) is 2. The van der Waals surface area contributed by atoms with E-state index in [4.69, 9.17) is 4.55 Å². The summed E-state index contributed by atoms with van der Waals surface area (Å²) < 4.78 is 182. The van der Waals surface area contributed by atoms with Crippen molar-refractivity contribution < 1.29 is 65.7 Å². The van der Waals surface area contributed by atoms with Crippen LogP contribution in [0.25, 0.3) is 0 Å². The lowest BCUT2D eigenvalue weighted by Gasteiger charge is -2.42.